The maximum absolute atomic E-state index is 11.6. The number of carboxylic acids is 2. The van der Waals surface area contributed by atoms with Crippen molar-refractivity contribution in [2.45, 2.75) is 167 Å². The third kappa shape index (κ3) is 28.0. The second-order valence-corrected chi connectivity index (χ2v) is 11.2. The topological polar surface area (TPSA) is 93.1 Å². The Bertz CT molecular complexity index is 677. The van der Waals surface area contributed by atoms with E-state index in [0.717, 1.165) is 77.0 Å². The summed E-state index contributed by atoms with van der Waals surface area (Å²) in [5.41, 5.74) is 0. The van der Waals surface area contributed by atoms with Gasteiger partial charge in [-0.1, -0.05) is 140 Å². The third-order valence-corrected chi connectivity index (χ3v) is 7.23. The molecule has 0 aliphatic rings. The lowest BCUT2D eigenvalue weighted by Crippen LogP contribution is -2.30. The predicted molar refractivity (Wildman–Crippen MR) is 174 cm³/mol. The SMILES string of the molecule is CCCCC/C=C/C=C/CCCCCCCC(OOC(CCCCCCC/C=C/C=C/CCCCC)C(=O)O)C(=O)O. The van der Waals surface area contributed by atoms with Gasteiger partial charge in [0.2, 0.25) is 0 Å². The van der Waals surface area contributed by atoms with E-state index in [1.54, 1.807) is 0 Å². The zero-order valence-corrected chi connectivity index (χ0v) is 26.9. The lowest BCUT2D eigenvalue weighted by Gasteiger charge is -2.17. The van der Waals surface area contributed by atoms with Crippen LogP contribution in [0.5, 0.6) is 0 Å². The second kappa shape index (κ2) is 31.7. The average Bonchev–Trinajstić information content (AvgIpc) is 2.97. The number of unbranched alkanes of at least 4 members (excludes halogenated alkanes) is 16. The number of rotatable bonds is 31. The van der Waals surface area contributed by atoms with E-state index in [-0.39, 0.29) is 0 Å². The van der Waals surface area contributed by atoms with E-state index in [1.807, 2.05) is 0 Å². The van der Waals surface area contributed by atoms with Gasteiger partial charge in [0.05, 0.1) is 0 Å². The summed E-state index contributed by atoms with van der Waals surface area (Å²) in [5.74, 6) is -2.24. The standard InChI is InChI=1S/C36H62O6/c1-3-5-7-9-11-13-15-17-19-21-23-25-27-29-31-33(35(37)38)41-42-34(36(39)40)32-30-28-26-24-22-20-18-16-14-12-10-8-6-4-2/h11-18,33-34H,3-10,19-32H2,1-2H3,(H,37,38)(H,39,40)/b13-11+,14-12+,17-15+,18-16+. The summed E-state index contributed by atoms with van der Waals surface area (Å²) >= 11 is 0. The molecule has 2 N–H and O–H groups in total. The largest absolute Gasteiger partial charge is 0.479 e. The van der Waals surface area contributed by atoms with Gasteiger partial charge in [0.15, 0.2) is 12.2 Å². The van der Waals surface area contributed by atoms with Crippen LogP contribution >= 0.6 is 0 Å². The summed E-state index contributed by atoms with van der Waals surface area (Å²) in [6.07, 6.45) is 37.5. The molecule has 0 spiro atoms. The molecule has 0 bridgehead atoms. The van der Waals surface area contributed by atoms with Crippen molar-refractivity contribution in [2.24, 2.45) is 0 Å². The van der Waals surface area contributed by atoms with Gasteiger partial charge in [0.1, 0.15) is 0 Å². The molecule has 42 heavy (non-hydrogen) atoms. The molecule has 0 aromatic rings. The molecular formula is C36H62O6. The van der Waals surface area contributed by atoms with E-state index in [1.165, 1.54) is 38.5 Å². The first-order chi connectivity index (χ1) is 20.5. The fourth-order valence-corrected chi connectivity index (χ4v) is 4.53. The Kier molecular flexibility index (Phi) is 30.1. The van der Waals surface area contributed by atoms with Gasteiger partial charge >= 0.3 is 11.9 Å². The van der Waals surface area contributed by atoms with Crippen molar-refractivity contribution in [3.63, 3.8) is 0 Å². The molecule has 0 heterocycles. The first-order valence-electron chi connectivity index (χ1n) is 16.9. The number of hydrogen-bond donors (Lipinski definition) is 2. The van der Waals surface area contributed by atoms with E-state index in [4.69, 9.17) is 9.78 Å². The van der Waals surface area contributed by atoms with Crippen molar-refractivity contribution in [2.75, 3.05) is 0 Å². The summed E-state index contributed by atoms with van der Waals surface area (Å²) < 4.78 is 0. The Labute approximate surface area is 257 Å². The van der Waals surface area contributed by atoms with Gasteiger partial charge < -0.3 is 10.2 Å². The van der Waals surface area contributed by atoms with Crippen molar-refractivity contribution in [3.05, 3.63) is 48.6 Å². The Morgan fingerprint density at radius 3 is 1.07 bits per heavy atom. The molecule has 6 heteroatoms. The Balaban J connectivity index is 3.93. The molecular weight excluding hydrogens is 528 g/mol. The smallest absolute Gasteiger partial charge is 0.336 e. The quantitative estimate of drug-likeness (QED) is 0.0361. The van der Waals surface area contributed by atoms with Gasteiger partial charge in [-0.3, -0.25) is 0 Å². The molecule has 0 aliphatic carbocycles. The Hall–Kier alpha value is -2.18. The van der Waals surface area contributed by atoms with Crippen molar-refractivity contribution in [1.82, 2.24) is 0 Å². The van der Waals surface area contributed by atoms with Crippen molar-refractivity contribution < 1.29 is 29.6 Å². The molecule has 2 atom stereocenters. The summed E-state index contributed by atoms with van der Waals surface area (Å²) in [6.45, 7) is 4.43. The van der Waals surface area contributed by atoms with E-state index in [9.17, 15) is 19.8 Å². The minimum absolute atomic E-state index is 0.313. The lowest BCUT2D eigenvalue weighted by molar-refractivity contribution is -0.343. The van der Waals surface area contributed by atoms with Crippen LogP contribution in [-0.2, 0) is 19.4 Å². The number of carbonyl (C=O) groups is 2. The molecule has 0 amide bonds. The van der Waals surface area contributed by atoms with Crippen LogP contribution in [0.2, 0.25) is 0 Å². The van der Waals surface area contributed by atoms with Gasteiger partial charge in [0, 0.05) is 0 Å². The van der Waals surface area contributed by atoms with Crippen LogP contribution in [0.25, 0.3) is 0 Å². The predicted octanol–water partition coefficient (Wildman–Crippen LogP) is 10.7. The van der Waals surface area contributed by atoms with Crippen LogP contribution in [-0.4, -0.2) is 34.4 Å². The number of aliphatic carboxylic acids is 2. The molecule has 0 saturated carbocycles. The third-order valence-electron chi connectivity index (χ3n) is 7.23. The normalized spacial score (nSPS) is 13.7. The number of hydrogen-bond acceptors (Lipinski definition) is 4. The van der Waals surface area contributed by atoms with Crippen molar-refractivity contribution >= 4 is 11.9 Å². The van der Waals surface area contributed by atoms with Crippen LogP contribution in [0, 0.1) is 0 Å². The fraction of sp³-hybridized carbons (Fsp3) is 0.722. The lowest BCUT2D eigenvalue weighted by atomic mass is 10.1. The van der Waals surface area contributed by atoms with Gasteiger partial charge in [-0.2, -0.15) is 0 Å². The molecule has 0 rings (SSSR count). The molecule has 0 aliphatic heterocycles. The fourth-order valence-electron chi connectivity index (χ4n) is 4.53. The first kappa shape index (κ1) is 39.8. The average molecular weight is 591 g/mol. The molecule has 0 aromatic carbocycles. The summed E-state index contributed by atoms with van der Waals surface area (Å²) in [7, 11) is 0. The second-order valence-electron chi connectivity index (χ2n) is 11.2. The molecule has 242 valence electrons. The minimum atomic E-state index is -1.14. The van der Waals surface area contributed by atoms with E-state index >= 15 is 0 Å². The van der Waals surface area contributed by atoms with Gasteiger partial charge in [-0.25, -0.2) is 19.4 Å². The molecule has 0 aromatic heterocycles. The summed E-state index contributed by atoms with van der Waals surface area (Å²) in [5, 5.41) is 18.9. The minimum Gasteiger partial charge on any atom is -0.479 e. The maximum Gasteiger partial charge on any atom is 0.336 e. The zero-order chi connectivity index (χ0) is 30.9. The maximum atomic E-state index is 11.6. The van der Waals surface area contributed by atoms with E-state index < -0.39 is 24.1 Å². The van der Waals surface area contributed by atoms with Gasteiger partial charge in [-0.05, 0) is 64.2 Å². The Morgan fingerprint density at radius 2 is 0.762 bits per heavy atom. The van der Waals surface area contributed by atoms with Crippen LogP contribution in [0.1, 0.15) is 155 Å². The first-order valence-corrected chi connectivity index (χ1v) is 16.9. The van der Waals surface area contributed by atoms with E-state index in [2.05, 4.69) is 62.5 Å². The summed E-state index contributed by atoms with van der Waals surface area (Å²) in [6, 6.07) is 0. The molecule has 0 saturated heterocycles. The number of carboxylic acid groups (broad SMARTS) is 2. The monoisotopic (exact) mass is 590 g/mol. The highest BCUT2D eigenvalue weighted by Gasteiger charge is 2.25. The molecule has 6 nitrogen and oxygen atoms in total. The summed E-state index contributed by atoms with van der Waals surface area (Å²) in [4.78, 5) is 33.3. The number of allylic oxidation sites excluding steroid dienone is 8. The van der Waals surface area contributed by atoms with Crippen LogP contribution in [0.4, 0.5) is 0 Å². The van der Waals surface area contributed by atoms with Gasteiger partial charge in [0.25, 0.3) is 0 Å². The van der Waals surface area contributed by atoms with Crippen molar-refractivity contribution in [3.8, 4) is 0 Å². The van der Waals surface area contributed by atoms with Crippen LogP contribution in [0.15, 0.2) is 48.6 Å². The van der Waals surface area contributed by atoms with Crippen molar-refractivity contribution in [1.29, 1.82) is 0 Å². The molecule has 0 fully saturated rings. The molecule has 2 unspecified atom stereocenters. The zero-order valence-electron chi connectivity index (χ0n) is 26.9. The highest BCUT2D eigenvalue weighted by atomic mass is 17.2. The highest BCUT2D eigenvalue weighted by Crippen LogP contribution is 2.15. The van der Waals surface area contributed by atoms with Gasteiger partial charge in [-0.15, -0.1) is 0 Å². The Morgan fingerprint density at radius 1 is 0.476 bits per heavy atom. The van der Waals surface area contributed by atoms with E-state index in [0.29, 0.717) is 25.7 Å². The van der Waals surface area contributed by atoms with Crippen LogP contribution < -0.4 is 0 Å². The highest BCUT2D eigenvalue weighted by molar-refractivity contribution is 5.73. The molecule has 0 radical (unpaired) electrons. The van der Waals surface area contributed by atoms with Crippen LogP contribution in [0.3, 0.4) is 0 Å².